The smallest absolute Gasteiger partial charge is 0.146 e. The molecule has 98 valence electrons. The molecule has 3 nitrogen and oxygen atoms in total. The van der Waals surface area contributed by atoms with E-state index in [9.17, 15) is 0 Å². The summed E-state index contributed by atoms with van der Waals surface area (Å²) in [6.45, 7) is 5.24. The van der Waals surface area contributed by atoms with E-state index < -0.39 is 0 Å². The van der Waals surface area contributed by atoms with Gasteiger partial charge in [-0.05, 0) is 44.9 Å². The van der Waals surface area contributed by atoms with Crippen LogP contribution >= 0.6 is 0 Å². The van der Waals surface area contributed by atoms with Crippen LogP contribution in [-0.2, 0) is 0 Å². The summed E-state index contributed by atoms with van der Waals surface area (Å²) < 4.78 is 0. The Labute approximate surface area is 114 Å². The maximum atomic E-state index is 4.77. The van der Waals surface area contributed by atoms with Gasteiger partial charge in [0.25, 0.3) is 0 Å². The molecule has 0 spiro atoms. The molecule has 1 atom stereocenters. The van der Waals surface area contributed by atoms with E-state index >= 15 is 0 Å². The molecule has 3 rings (SSSR count). The Balaban J connectivity index is 2.04. The van der Waals surface area contributed by atoms with Crippen LogP contribution < -0.4 is 5.32 Å². The van der Waals surface area contributed by atoms with Crippen LogP contribution in [0.5, 0.6) is 0 Å². The fraction of sp³-hybridized carbons (Fsp3) is 0.375. The van der Waals surface area contributed by atoms with Gasteiger partial charge in [-0.3, -0.25) is 0 Å². The Morgan fingerprint density at radius 3 is 2.74 bits per heavy atom. The second-order valence-corrected chi connectivity index (χ2v) is 5.22. The van der Waals surface area contributed by atoms with Crippen LogP contribution in [0.3, 0.4) is 0 Å². The van der Waals surface area contributed by atoms with E-state index in [4.69, 9.17) is 4.98 Å². The average Bonchev–Trinajstić information content (AvgIpc) is 2.92. The molecular weight excluding hydrogens is 234 g/mol. The molecule has 0 amide bonds. The highest BCUT2D eigenvalue weighted by molar-refractivity contribution is 5.63. The van der Waals surface area contributed by atoms with E-state index in [2.05, 4.69) is 47.6 Å². The Kier molecular flexibility index (Phi) is 3.30. The normalized spacial score (nSPS) is 18.7. The van der Waals surface area contributed by atoms with Gasteiger partial charge in [-0.2, -0.15) is 0 Å². The molecule has 1 aromatic carbocycles. The molecule has 2 aromatic rings. The Bertz CT molecular complexity index is 586. The fourth-order valence-corrected chi connectivity index (χ4v) is 2.65. The first kappa shape index (κ1) is 12.3. The molecular formula is C16H19N3. The van der Waals surface area contributed by atoms with Crippen LogP contribution in [0.15, 0.2) is 30.3 Å². The molecule has 0 radical (unpaired) electrons. The molecule has 1 aliphatic heterocycles. The number of aryl methyl sites for hydroxylation is 2. The van der Waals surface area contributed by atoms with E-state index in [1.54, 1.807) is 0 Å². The highest BCUT2D eigenvalue weighted by atomic mass is 15.0. The first-order valence-electron chi connectivity index (χ1n) is 6.89. The van der Waals surface area contributed by atoms with Crippen molar-refractivity contribution < 1.29 is 0 Å². The van der Waals surface area contributed by atoms with Crippen molar-refractivity contribution in [3.05, 3.63) is 47.4 Å². The molecule has 0 bridgehead atoms. The summed E-state index contributed by atoms with van der Waals surface area (Å²) in [5, 5.41) is 3.47. The zero-order valence-corrected chi connectivity index (χ0v) is 11.5. The molecule has 0 saturated carbocycles. The third-order valence-corrected chi connectivity index (χ3v) is 3.66. The van der Waals surface area contributed by atoms with E-state index in [-0.39, 0.29) is 0 Å². The first-order chi connectivity index (χ1) is 9.24. The summed E-state index contributed by atoms with van der Waals surface area (Å²) in [4.78, 5) is 9.37. The van der Waals surface area contributed by atoms with Gasteiger partial charge in [0.2, 0.25) is 0 Å². The van der Waals surface area contributed by atoms with E-state index in [1.165, 1.54) is 17.5 Å². The van der Waals surface area contributed by atoms with Gasteiger partial charge in [0.15, 0.2) is 0 Å². The monoisotopic (exact) mass is 253 g/mol. The third kappa shape index (κ3) is 2.51. The number of nitrogens with zero attached hydrogens (tertiary/aromatic N) is 2. The van der Waals surface area contributed by atoms with Crippen molar-refractivity contribution in [3.63, 3.8) is 0 Å². The first-order valence-corrected chi connectivity index (χ1v) is 6.89. The lowest BCUT2D eigenvalue weighted by Gasteiger charge is -2.12. The van der Waals surface area contributed by atoms with Crippen molar-refractivity contribution in [1.82, 2.24) is 15.3 Å². The van der Waals surface area contributed by atoms with Crippen LogP contribution in [-0.4, -0.2) is 16.5 Å². The quantitative estimate of drug-likeness (QED) is 0.893. The fourth-order valence-electron chi connectivity index (χ4n) is 2.65. The predicted molar refractivity (Wildman–Crippen MR) is 76.9 cm³/mol. The maximum absolute atomic E-state index is 4.77. The minimum absolute atomic E-state index is 0.322. The number of hydrogen-bond acceptors (Lipinski definition) is 3. The van der Waals surface area contributed by atoms with Crippen LogP contribution in [0.2, 0.25) is 0 Å². The highest BCUT2D eigenvalue weighted by Gasteiger charge is 2.20. The second kappa shape index (κ2) is 5.10. The highest BCUT2D eigenvalue weighted by Crippen LogP contribution is 2.25. The molecule has 1 unspecified atom stereocenters. The van der Waals surface area contributed by atoms with Crippen molar-refractivity contribution in [2.75, 3.05) is 6.54 Å². The summed E-state index contributed by atoms with van der Waals surface area (Å²) >= 11 is 0. The van der Waals surface area contributed by atoms with Gasteiger partial charge < -0.3 is 5.32 Å². The number of aromatic nitrogens is 2. The molecule has 3 heteroatoms. The molecule has 1 aliphatic rings. The largest absolute Gasteiger partial charge is 0.307 e. The van der Waals surface area contributed by atoms with Crippen molar-refractivity contribution in [3.8, 4) is 11.3 Å². The van der Waals surface area contributed by atoms with Crippen LogP contribution in [0.1, 0.15) is 36.0 Å². The third-order valence-electron chi connectivity index (χ3n) is 3.66. The summed E-state index contributed by atoms with van der Waals surface area (Å²) in [5.74, 6) is 0.941. The Hall–Kier alpha value is -1.74. The van der Waals surface area contributed by atoms with Crippen LogP contribution in [0.25, 0.3) is 11.3 Å². The van der Waals surface area contributed by atoms with Gasteiger partial charge in [-0.1, -0.05) is 24.3 Å². The van der Waals surface area contributed by atoms with E-state index in [0.29, 0.717) is 6.04 Å². The lowest BCUT2D eigenvalue weighted by molar-refractivity contribution is 0.603. The van der Waals surface area contributed by atoms with Crippen molar-refractivity contribution in [1.29, 1.82) is 0 Å². The molecule has 0 aliphatic carbocycles. The summed E-state index contributed by atoms with van der Waals surface area (Å²) in [7, 11) is 0. The van der Waals surface area contributed by atoms with Crippen LogP contribution in [0, 0.1) is 13.8 Å². The number of rotatable bonds is 2. The zero-order valence-electron chi connectivity index (χ0n) is 11.5. The van der Waals surface area contributed by atoms with Gasteiger partial charge >= 0.3 is 0 Å². The molecule has 1 saturated heterocycles. The second-order valence-electron chi connectivity index (χ2n) is 5.22. The predicted octanol–water partition coefficient (Wildman–Crippen LogP) is 3.18. The summed E-state index contributed by atoms with van der Waals surface area (Å²) in [5.41, 5.74) is 4.53. The molecule has 19 heavy (non-hydrogen) atoms. The zero-order chi connectivity index (χ0) is 13.2. The summed E-state index contributed by atoms with van der Waals surface area (Å²) in [6, 6.07) is 10.8. The minimum Gasteiger partial charge on any atom is -0.307 e. The molecule has 1 aromatic heterocycles. The standard InChI is InChI=1S/C16H19N3/c1-11-6-3-4-7-13(11)15-10-12(2)18-16(19-15)14-8-5-9-17-14/h3-4,6-7,10,14,17H,5,8-9H2,1-2H3. The van der Waals surface area contributed by atoms with Gasteiger partial charge in [0.05, 0.1) is 11.7 Å². The molecule has 1 fully saturated rings. The molecule has 1 N–H and O–H groups in total. The van der Waals surface area contributed by atoms with Gasteiger partial charge in [-0.15, -0.1) is 0 Å². The van der Waals surface area contributed by atoms with E-state index in [1.807, 2.05) is 6.92 Å². The van der Waals surface area contributed by atoms with Gasteiger partial charge in [0.1, 0.15) is 5.82 Å². The number of hydrogen-bond donors (Lipinski definition) is 1. The number of nitrogens with one attached hydrogen (secondary N) is 1. The van der Waals surface area contributed by atoms with Gasteiger partial charge in [0, 0.05) is 11.3 Å². The lowest BCUT2D eigenvalue weighted by Crippen LogP contribution is -2.16. The van der Waals surface area contributed by atoms with E-state index in [0.717, 1.165) is 30.2 Å². The topological polar surface area (TPSA) is 37.8 Å². The Morgan fingerprint density at radius 1 is 1.16 bits per heavy atom. The molecule has 2 heterocycles. The summed E-state index contributed by atoms with van der Waals surface area (Å²) in [6.07, 6.45) is 2.35. The van der Waals surface area contributed by atoms with Crippen molar-refractivity contribution >= 4 is 0 Å². The average molecular weight is 253 g/mol. The SMILES string of the molecule is Cc1cc(-c2ccccc2C)nc(C2CCCN2)n1. The van der Waals surface area contributed by atoms with Gasteiger partial charge in [-0.25, -0.2) is 9.97 Å². The number of benzene rings is 1. The lowest BCUT2D eigenvalue weighted by atomic mass is 10.0. The Morgan fingerprint density at radius 2 is 2.00 bits per heavy atom. The van der Waals surface area contributed by atoms with Crippen molar-refractivity contribution in [2.45, 2.75) is 32.7 Å². The minimum atomic E-state index is 0.322. The maximum Gasteiger partial charge on any atom is 0.146 e. The van der Waals surface area contributed by atoms with Crippen molar-refractivity contribution in [2.24, 2.45) is 0 Å². The van der Waals surface area contributed by atoms with Crippen LogP contribution in [0.4, 0.5) is 0 Å².